The number of nitrogens with zero attached hydrogens (tertiary/aromatic N) is 4. The molecule has 28 heavy (non-hydrogen) atoms. The number of nitrogens with two attached hydrogens (primary N) is 1. The monoisotopic (exact) mass is 411 g/mol. The molecule has 0 saturated heterocycles. The molecule has 4 heterocycles. The predicted molar refractivity (Wildman–Crippen MR) is 116 cm³/mol. The largest absolute Gasteiger partial charge is 0.397 e. The molecule has 6 nitrogen and oxygen atoms in total. The SMILES string of the molecule is COCCSc1sc2nc(-c3cnc4nn(C)cc4c3)cc(C3CC3)c2c1N. The molecule has 5 rings (SSSR count). The second kappa shape index (κ2) is 7.02. The van der Waals surface area contributed by atoms with Gasteiger partial charge >= 0.3 is 0 Å². The molecule has 1 fully saturated rings. The van der Waals surface area contributed by atoms with Crippen LogP contribution in [0, 0.1) is 0 Å². The molecule has 0 spiro atoms. The summed E-state index contributed by atoms with van der Waals surface area (Å²) in [6.07, 6.45) is 6.30. The number of nitrogen functional groups attached to an aromatic ring is 1. The Morgan fingerprint density at radius 1 is 1.36 bits per heavy atom. The summed E-state index contributed by atoms with van der Waals surface area (Å²) in [6.45, 7) is 0.712. The molecule has 1 saturated carbocycles. The van der Waals surface area contributed by atoms with Gasteiger partial charge in [0.15, 0.2) is 5.65 Å². The Bertz CT molecular complexity index is 1180. The van der Waals surface area contributed by atoms with Gasteiger partial charge in [0.05, 0.1) is 22.2 Å². The van der Waals surface area contributed by atoms with E-state index in [0.717, 1.165) is 48.2 Å². The number of ether oxygens (including phenoxy) is 1. The van der Waals surface area contributed by atoms with Gasteiger partial charge in [-0.3, -0.25) is 4.68 Å². The van der Waals surface area contributed by atoms with Gasteiger partial charge in [0.25, 0.3) is 0 Å². The van der Waals surface area contributed by atoms with Crippen molar-refractivity contribution in [3.63, 3.8) is 0 Å². The van der Waals surface area contributed by atoms with Crippen LogP contribution in [0.2, 0.25) is 0 Å². The molecule has 0 atom stereocenters. The molecule has 0 aromatic carbocycles. The summed E-state index contributed by atoms with van der Waals surface area (Å²) in [5.74, 6) is 1.48. The lowest BCUT2D eigenvalue weighted by molar-refractivity contribution is 0.218. The maximum atomic E-state index is 6.54. The number of pyridine rings is 2. The van der Waals surface area contributed by atoms with Gasteiger partial charge in [0.2, 0.25) is 0 Å². The van der Waals surface area contributed by atoms with Crippen molar-refractivity contribution in [2.45, 2.75) is 23.0 Å². The third-order valence-corrected chi connectivity index (χ3v) is 7.35. The van der Waals surface area contributed by atoms with Crippen molar-refractivity contribution in [3.8, 4) is 11.3 Å². The van der Waals surface area contributed by atoms with E-state index in [9.17, 15) is 0 Å². The van der Waals surface area contributed by atoms with Crippen LogP contribution in [0.5, 0.6) is 0 Å². The van der Waals surface area contributed by atoms with Gasteiger partial charge in [-0.15, -0.1) is 23.1 Å². The smallest absolute Gasteiger partial charge is 0.181 e. The van der Waals surface area contributed by atoms with E-state index in [-0.39, 0.29) is 0 Å². The lowest BCUT2D eigenvalue weighted by Gasteiger charge is -2.07. The van der Waals surface area contributed by atoms with Crippen LogP contribution >= 0.6 is 23.1 Å². The summed E-state index contributed by atoms with van der Waals surface area (Å²) in [4.78, 5) is 10.5. The lowest BCUT2D eigenvalue weighted by Crippen LogP contribution is -1.94. The third kappa shape index (κ3) is 3.15. The second-order valence-corrected chi connectivity index (χ2v) is 9.50. The van der Waals surface area contributed by atoms with Gasteiger partial charge in [-0.05, 0) is 36.5 Å². The molecule has 0 radical (unpaired) electrons. The van der Waals surface area contributed by atoms with Crippen LogP contribution in [-0.4, -0.2) is 39.2 Å². The van der Waals surface area contributed by atoms with Gasteiger partial charge in [-0.1, -0.05) is 0 Å². The Morgan fingerprint density at radius 3 is 3.00 bits per heavy atom. The molecule has 1 aliphatic rings. The number of hydrogen-bond acceptors (Lipinski definition) is 7. The minimum absolute atomic E-state index is 0.591. The second-order valence-electron chi connectivity index (χ2n) is 7.14. The molecule has 2 N–H and O–H groups in total. The van der Waals surface area contributed by atoms with Gasteiger partial charge in [0, 0.05) is 48.6 Å². The van der Waals surface area contributed by atoms with E-state index in [1.54, 1.807) is 34.9 Å². The highest BCUT2D eigenvalue weighted by Gasteiger charge is 2.29. The Kier molecular flexibility index (Phi) is 4.49. The number of anilines is 1. The number of thioether (sulfide) groups is 1. The molecule has 144 valence electrons. The lowest BCUT2D eigenvalue weighted by atomic mass is 10.0. The van der Waals surface area contributed by atoms with Gasteiger partial charge in [-0.2, -0.15) is 5.10 Å². The first-order chi connectivity index (χ1) is 13.6. The van der Waals surface area contributed by atoms with Gasteiger partial charge < -0.3 is 10.5 Å². The molecule has 8 heteroatoms. The quantitative estimate of drug-likeness (QED) is 0.373. The average molecular weight is 412 g/mol. The zero-order valence-electron chi connectivity index (χ0n) is 15.8. The molecule has 0 bridgehead atoms. The molecule has 4 aromatic heterocycles. The average Bonchev–Trinajstić information content (AvgIpc) is 3.39. The molecule has 0 aliphatic heterocycles. The van der Waals surface area contributed by atoms with E-state index in [4.69, 9.17) is 15.5 Å². The zero-order valence-corrected chi connectivity index (χ0v) is 17.4. The fourth-order valence-electron chi connectivity index (χ4n) is 3.49. The first-order valence-corrected chi connectivity index (χ1v) is 11.1. The zero-order chi connectivity index (χ0) is 19.3. The van der Waals surface area contributed by atoms with Crippen LogP contribution in [0.3, 0.4) is 0 Å². The summed E-state index contributed by atoms with van der Waals surface area (Å²) in [7, 11) is 3.63. The Labute approximate surface area is 171 Å². The van der Waals surface area contributed by atoms with E-state index < -0.39 is 0 Å². The Hall–Kier alpha value is -2.16. The van der Waals surface area contributed by atoms with E-state index in [0.29, 0.717) is 12.5 Å². The van der Waals surface area contributed by atoms with Crippen molar-refractivity contribution < 1.29 is 4.74 Å². The van der Waals surface area contributed by atoms with E-state index in [2.05, 4.69) is 22.2 Å². The summed E-state index contributed by atoms with van der Waals surface area (Å²) in [6, 6.07) is 4.33. The molecular formula is C20H21N5OS2. The molecular weight excluding hydrogens is 390 g/mol. The van der Waals surface area contributed by atoms with E-state index in [1.165, 1.54) is 18.4 Å². The minimum Gasteiger partial charge on any atom is -0.397 e. The Balaban J connectivity index is 1.62. The number of hydrogen-bond donors (Lipinski definition) is 1. The standard InChI is InChI=1S/C20H21N5OS2/c1-25-10-13-7-12(9-22-18(13)24-25)15-8-14(11-3-4-11)16-17(21)20(27-6-5-26-2)28-19(16)23-15/h7-11H,3-6,21H2,1-2H3. The number of methoxy groups -OCH3 is 1. The van der Waals surface area contributed by atoms with Crippen molar-refractivity contribution in [2.75, 3.05) is 25.2 Å². The number of aryl methyl sites for hydroxylation is 1. The molecule has 1 aliphatic carbocycles. The predicted octanol–water partition coefficient (Wildman–Crippen LogP) is 4.44. The Morgan fingerprint density at radius 2 is 2.21 bits per heavy atom. The first-order valence-electron chi connectivity index (χ1n) is 9.28. The number of fused-ring (bicyclic) bond motifs is 2. The highest BCUT2D eigenvalue weighted by atomic mass is 32.2. The summed E-state index contributed by atoms with van der Waals surface area (Å²) in [5.41, 5.74) is 11.5. The topological polar surface area (TPSA) is 78.9 Å². The number of aromatic nitrogens is 4. The normalized spacial score (nSPS) is 14.4. The van der Waals surface area contributed by atoms with Crippen LogP contribution < -0.4 is 5.73 Å². The van der Waals surface area contributed by atoms with Crippen molar-refractivity contribution >= 4 is 50.0 Å². The van der Waals surface area contributed by atoms with Crippen LogP contribution in [0.1, 0.15) is 24.3 Å². The van der Waals surface area contributed by atoms with Crippen LogP contribution in [0.4, 0.5) is 5.69 Å². The minimum atomic E-state index is 0.591. The molecule has 4 aromatic rings. The van der Waals surface area contributed by atoms with Gasteiger partial charge in [0.1, 0.15) is 4.83 Å². The van der Waals surface area contributed by atoms with Crippen LogP contribution in [0.25, 0.3) is 32.5 Å². The fourth-order valence-corrected chi connectivity index (χ4v) is 5.77. The summed E-state index contributed by atoms with van der Waals surface area (Å²) in [5, 5.41) is 6.53. The van der Waals surface area contributed by atoms with E-state index in [1.807, 2.05) is 19.4 Å². The first kappa shape index (κ1) is 17.9. The van der Waals surface area contributed by atoms with Crippen LogP contribution in [-0.2, 0) is 11.8 Å². The number of rotatable bonds is 6. The summed E-state index contributed by atoms with van der Waals surface area (Å²) < 4.78 is 8.10. The van der Waals surface area contributed by atoms with Crippen molar-refractivity contribution in [2.24, 2.45) is 7.05 Å². The maximum Gasteiger partial charge on any atom is 0.181 e. The third-order valence-electron chi connectivity index (χ3n) is 5.00. The van der Waals surface area contributed by atoms with Crippen molar-refractivity contribution in [1.82, 2.24) is 19.7 Å². The molecule has 0 unspecified atom stereocenters. The van der Waals surface area contributed by atoms with Crippen LogP contribution in [0.15, 0.2) is 28.7 Å². The summed E-state index contributed by atoms with van der Waals surface area (Å²) >= 11 is 3.43. The maximum absolute atomic E-state index is 6.54. The highest BCUT2D eigenvalue weighted by Crippen LogP contribution is 2.49. The van der Waals surface area contributed by atoms with E-state index >= 15 is 0 Å². The van der Waals surface area contributed by atoms with Crippen molar-refractivity contribution in [3.05, 3.63) is 30.1 Å². The highest BCUT2D eigenvalue weighted by molar-refractivity contribution is 8.01. The van der Waals surface area contributed by atoms with Gasteiger partial charge in [-0.25, -0.2) is 9.97 Å². The number of thiophene rings is 1. The fraction of sp³-hybridized carbons (Fsp3) is 0.350. The van der Waals surface area contributed by atoms with Crippen molar-refractivity contribution in [1.29, 1.82) is 0 Å². The molecule has 0 amide bonds.